The Bertz CT molecular complexity index is 1270. The van der Waals surface area contributed by atoms with Gasteiger partial charge in [-0.15, -0.1) is 0 Å². The van der Waals surface area contributed by atoms with Gasteiger partial charge in [-0.3, -0.25) is 9.59 Å². The lowest BCUT2D eigenvalue weighted by molar-refractivity contribution is -0.130. The molecule has 0 radical (unpaired) electrons. The van der Waals surface area contributed by atoms with Gasteiger partial charge in [-0.2, -0.15) is 0 Å². The fraction of sp³-hybridized carbons (Fsp3) is 0.520. The lowest BCUT2D eigenvalue weighted by Gasteiger charge is -2.30. The van der Waals surface area contributed by atoms with E-state index in [1.807, 2.05) is 4.90 Å². The maximum absolute atomic E-state index is 15.2. The number of piperazine rings is 1. The van der Waals surface area contributed by atoms with Crippen molar-refractivity contribution in [2.24, 2.45) is 0 Å². The molecule has 206 valence electrons. The zero-order valence-corrected chi connectivity index (χ0v) is 20.8. The van der Waals surface area contributed by atoms with Crippen LogP contribution in [0.5, 0.6) is 0 Å². The largest absolute Gasteiger partial charge is 0.453 e. The molecule has 1 saturated carbocycles. The third kappa shape index (κ3) is 5.70. The maximum Gasteiger partial charge on any atom is 0.344 e. The van der Waals surface area contributed by atoms with Crippen molar-refractivity contribution in [2.75, 3.05) is 37.7 Å². The minimum Gasteiger partial charge on any atom is -0.453 e. The molecule has 4 rings (SSSR count). The van der Waals surface area contributed by atoms with Crippen LogP contribution in [0.25, 0.3) is 10.9 Å². The van der Waals surface area contributed by atoms with Gasteiger partial charge in [-0.1, -0.05) is 0 Å². The summed E-state index contributed by atoms with van der Waals surface area (Å²) in [5.41, 5.74) is -0.471. The van der Waals surface area contributed by atoms with Gasteiger partial charge in [0.05, 0.1) is 17.8 Å². The van der Waals surface area contributed by atoms with Crippen LogP contribution >= 0.6 is 0 Å². The van der Waals surface area contributed by atoms with Crippen molar-refractivity contribution >= 4 is 34.8 Å². The zero-order chi connectivity index (χ0) is 27.6. The van der Waals surface area contributed by atoms with E-state index < -0.39 is 59.6 Å². The number of aldehydes is 1. The smallest absolute Gasteiger partial charge is 0.344 e. The quantitative estimate of drug-likeness (QED) is 0.185. The summed E-state index contributed by atoms with van der Waals surface area (Å²) in [6, 6.07) is 1.09. The number of pyridine rings is 1. The average Bonchev–Trinajstić information content (AvgIpc) is 3.75. The van der Waals surface area contributed by atoms with Gasteiger partial charge in [0.25, 0.3) is 0 Å². The first-order valence-electron chi connectivity index (χ1n) is 12.4. The third-order valence-corrected chi connectivity index (χ3v) is 6.75. The van der Waals surface area contributed by atoms with Gasteiger partial charge in [0.2, 0.25) is 11.3 Å². The Hall–Kier alpha value is -3.39. The van der Waals surface area contributed by atoms with Crippen LogP contribution in [0.1, 0.15) is 36.2 Å². The van der Waals surface area contributed by atoms with E-state index in [9.17, 15) is 34.5 Å². The van der Waals surface area contributed by atoms with Crippen LogP contribution in [0.3, 0.4) is 0 Å². The van der Waals surface area contributed by atoms with Crippen molar-refractivity contribution in [3.8, 4) is 0 Å². The van der Waals surface area contributed by atoms with Crippen molar-refractivity contribution in [1.29, 1.82) is 0 Å². The molecule has 1 aliphatic heterocycles. The van der Waals surface area contributed by atoms with Crippen LogP contribution < -0.4 is 21.0 Å². The van der Waals surface area contributed by atoms with Crippen molar-refractivity contribution in [2.45, 2.75) is 50.2 Å². The van der Waals surface area contributed by atoms with Crippen molar-refractivity contribution in [3.63, 3.8) is 0 Å². The first-order valence-corrected chi connectivity index (χ1v) is 12.4. The minimum atomic E-state index is -1.98. The molecule has 1 aliphatic carbocycles. The van der Waals surface area contributed by atoms with E-state index in [2.05, 4.69) is 10.6 Å². The molecular weight excluding hydrogens is 503 g/mol. The molecule has 0 spiro atoms. The number of rotatable bonds is 10. The summed E-state index contributed by atoms with van der Waals surface area (Å²) in [6.45, 7) is 2.73. The highest BCUT2D eigenvalue weighted by Gasteiger charge is 2.38. The molecule has 5 N–H and O–H groups in total. The Labute approximate surface area is 217 Å². The highest BCUT2D eigenvalue weighted by Crippen LogP contribution is 2.38. The fourth-order valence-electron chi connectivity index (χ4n) is 4.60. The number of carbonyl (C=O) groups excluding carboxylic acids is 3. The predicted octanol–water partition coefficient (Wildman–Crippen LogP) is -1.17. The van der Waals surface area contributed by atoms with Crippen molar-refractivity contribution in [1.82, 2.24) is 15.2 Å². The number of hydrogen-bond donors (Lipinski definition) is 5. The number of fused-ring (bicyclic) bond motifs is 1. The molecular formula is C25H31FN4O8. The zero-order valence-electron chi connectivity index (χ0n) is 20.8. The molecule has 2 fully saturated rings. The number of halogens is 1. The molecule has 2 aliphatic rings. The number of nitrogens with one attached hydrogen (secondary N) is 2. The summed E-state index contributed by atoms with van der Waals surface area (Å²) in [4.78, 5) is 51.6. The molecule has 0 bridgehead atoms. The number of ether oxygens (including phenoxy) is 1. The van der Waals surface area contributed by atoms with E-state index in [0.717, 1.165) is 25.8 Å². The molecule has 13 heteroatoms. The lowest BCUT2D eigenvalue weighted by Crippen LogP contribution is -2.55. The monoisotopic (exact) mass is 534 g/mol. The number of nitrogens with zero attached hydrogens (tertiary/aromatic N) is 2. The summed E-state index contributed by atoms with van der Waals surface area (Å²) in [5.74, 6) is -2.55. The maximum atomic E-state index is 15.2. The van der Waals surface area contributed by atoms with E-state index in [1.54, 1.807) is 10.6 Å². The molecule has 4 atom stereocenters. The molecule has 0 unspecified atom stereocenters. The van der Waals surface area contributed by atoms with Crippen LogP contribution in [0, 0.1) is 5.82 Å². The number of hydrogen-bond acceptors (Lipinski definition) is 10. The summed E-state index contributed by atoms with van der Waals surface area (Å²) < 4.78 is 22.2. The Balaban J connectivity index is 1.75. The Kier molecular flexibility index (Phi) is 8.41. The van der Waals surface area contributed by atoms with Crippen LogP contribution in [-0.2, 0) is 14.3 Å². The first kappa shape index (κ1) is 27.6. The van der Waals surface area contributed by atoms with E-state index in [-0.39, 0.29) is 17.7 Å². The Morgan fingerprint density at radius 2 is 1.95 bits per heavy atom. The van der Waals surface area contributed by atoms with Gasteiger partial charge in [-0.25, -0.2) is 9.18 Å². The molecule has 38 heavy (non-hydrogen) atoms. The van der Waals surface area contributed by atoms with E-state index in [4.69, 9.17) is 4.74 Å². The number of aliphatic hydroxyl groups excluding tert-OH is 3. The normalized spacial score (nSPS) is 18.9. The van der Waals surface area contributed by atoms with Crippen LogP contribution in [0.4, 0.5) is 10.1 Å². The van der Waals surface area contributed by atoms with Gasteiger partial charge in [-0.05, 0) is 25.0 Å². The van der Waals surface area contributed by atoms with E-state index in [0.29, 0.717) is 37.4 Å². The minimum absolute atomic E-state index is 0.0225. The van der Waals surface area contributed by atoms with Gasteiger partial charge < -0.3 is 45.0 Å². The molecule has 2 heterocycles. The second-order valence-corrected chi connectivity index (χ2v) is 9.54. The Morgan fingerprint density at radius 3 is 2.53 bits per heavy atom. The summed E-state index contributed by atoms with van der Waals surface area (Å²) in [6.07, 6.45) is -2.55. The molecule has 1 amide bonds. The second-order valence-electron chi connectivity index (χ2n) is 9.54. The van der Waals surface area contributed by atoms with E-state index >= 15 is 4.39 Å². The molecule has 12 nitrogen and oxygen atoms in total. The van der Waals surface area contributed by atoms with Gasteiger partial charge in [0.1, 0.15) is 35.9 Å². The van der Waals surface area contributed by atoms with Gasteiger partial charge in [0.15, 0.2) is 6.10 Å². The van der Waals surface area contributed by atoms with Gasteiger partial charge in [0, 0.05) is 50.7 Å². The number of esters is 1. The first-order chi connectivity index (χ1) is 18.2. The number of benzene rings is 1. The number of aromatic nitrogens is 1. The lowest BCUT2D eigenvalue weighted by atomic mass is 10.0. The van der Waals surface area contributed by atoms with Crippen LogP contribution in [0.2, 0.25) is 0 Å². The standard InChI is InChI=1S/C25H31FN4O8/c1-13(33)28-18(11-31)24(23(36)21(34)12-32)38-25(37)16-10-30(14-2-3-14)19-9-20(29-6-4-27-5-7-29)17(26)8-15(19)22(16)35/h8-11,14,18,21,23-24,27,32,34,36H,2-7,12H2,1H3,(H,28,33)/t18-,21+,23+,24+/m0/s1. The SMILES string of the molecule is CC(=O)N[C@@H](C=O)[C@@H](OC(=O)c1cn(C2CC2)c2cc(N3CCNCC3)c(F)cc2c1=O)[C@H](O)[C@H](O)CO. The fourth-order valence-corrected chi connectivity index (χ4v) is 4.60. The second kappa shape index (κ2) is 11.6. The number of carbonyl (C=O) groups is 3. The van der Waals surface area contributed by atoms with Crippen LogP contribution in [-0.4, -0.2) is 95.2 Å². The van der Waals surface area contributed by atoms with E-state index in [1.165, 1.54) is 6.20 Å². The highest BCUT2D eigenvalue weighted by molar-refractivity contribution is 5.95. The van der Waals surface area contributed by atoms with Crippen LogP contribution in [0.15, 0.2) is 23.1 Å². The van der Waals surface area contributed by atoms with Gasteiger partial charge >= 0.3 is 5.97 Å². The summed E-state index contributed by atoms with van der Waals surface area (Å²) in [7, 11) is 0. The number of amides is 1. The molecule has 1 aromatic heterocycles. The Morgan fingerprint density at radius 1 is 1.26 bits per heavy atom. The highest BCUT2D eigenvalue weighted by atomic mass is 19.1. The van der Waals surface area contributed by atoms with Crippen molar-refractivity contribution < 1.29 is 38.8 Å². The molecule has 2 aromatic rings. The summed E-state index contributed by atoms with van der Waals surface area (Å²) >= 11 is 0. The number of anilines is 1. The summed E-state index contributed by atoms with van der Waals surface area (Å²) in [5, 5.41) is 34.9. The average molecular weight is 535 g/mol. The third-order valence-electron chi connectivity index (χ3n) is 6.75. The number of aliphatic hydroxyl groups is 3. The topological polar surface area (TPSA) is 170 Å². The molecule has 1 aromatic carbocycles. The molecule has 1 saturated heterocycles. The predicted molar refractivity (Wildman–Crippen MR) is 133 cm³/mol. The van der Waals surface area contributed by atoms with Crippen molar-refractivity contribution in [3.05, 3.63) is 39.9 Å².